The Kier molecular flexibility index (Phi) is 2.34. The van der Waals surface area contributed by atoms with E-state index in [0.717, 1.165) is 0 Å². The van der Waals surface area contributed by atoms with Crippen LogP contribution < -0.4 is 0 Å². The van der Waals surface area contributed by atoms with Crippen LogP contribution in [-0.2, 0) is 0 Å². The van der Waals surface area contributed by atoms with Crippen molar-refractivity contribution in [2.45, 2.75) is 0 Å². The normalized spacial score (nSPS) is 10.9. The van der Waals surface area contributed by atoms with E-state index in [4.69, 9.17) is 27.6 Å². The van der Waals surface area contributed by atoms with Gasteiger partial charge in [0.15, 0.2) is 0 Å². The van der Waals surface area contributed by atoms with E-state index >= 15 is 0 Å². The van der Waals surface area contributed by atoms with Gasteiger partial charge in [0.25, 0.3) is 11.6 Å². The van der Waals surface area contributed by atoms with E-state index < -0.39 is 0 Å². The summed E-state index contributed by atoms with van der Waals surface area (Å²) < 4.78 is 5.33. The van der Waals surface area contributed by atoms with Crippen molar-refractivity contribution in [1.29, 1.82) is 0 Å². The Balaban J connectivity index is 2.20. The van der Waals surface area contributed by atoms with Crippen LogP contribution in [0.1, 0.15) is 0 Å². The van der Waals surface area contributed by atoms with E-state index in [0.29, 0.717) is 11.2 Å². The van der Waals surface area contributed by atoms with Gasteiger partial charge in [-0.1, -0.05) is 0 Å². The molecule has 84 valence electrons. The van der Waals surface area contributed by atoms with E-state index in [1.165, 1.54) is 12.5 Å². The van der Waals surface area contributed by atoms with E-state index in [9.17, 15) is 0 Å². The molecule has 0 N–H and O–H groups in total. The van der Waals surface area contributed by atoms with Crippen LogP contribution >= 0.6 is 23.2 Å². The summed E-state index contributed by atoms with van der Waals surface area (Å²) in [7, 11) is 0. The van der Waals surface area contributed by atoms with Crippen LogP contribution in [0.4, 0.5) is 0 Å². The Hall–Kier alpha value is -1.86. The summed E-state index contributed by atoms with van der Waals surface area (Å²) in [5, 5.41) is -0.0679. The first-order valence-electron chi connectivity index (χ1n) is 4.36. The monoisotopic (exact) mass is 268 g/mol. The summed E-state index contributed by atoms with van der Waals surface area (Å²) in [6, 6.07) is 0. The number of hydrogen-bond donors (Lipinski definition) is 0. The van der Waals surface area contributed by atoms with Gasteiger partial charge in [-0.25, -0.2) is 9.97 Å². The number of oxazole rings is 1. The lowest BCUT2D eigenvalue weighted by atomic mass is 10.6. The Morgan fingerprint density at radius 3 is 2.47 bits per heavy atom. The minimum Gasteiger partial charge on any atom is -0.414 e. The molecule has 0 amide bonds. The lowest BCUT2D eigenvalue weighted by Crippen LogP contribution is -1.93. The van der Waals surface area contributed by atoms with Crippen LogP contribution in [0.25, 0.3) is 22.9 Å². The largest absolute Gasteiger partial charge is 0.414 e. The first-order valence-corrected chi connectivity index (χ1v) is 5.12. The zero-order valence-electron chi connectivity index (χ0n) is 8.00. The lowest BCUT2D eigenvalue weighted by molar-refractivity contribution is 0.600. The molecule has 0 bridgehead atoms. The van der Waals surface area contributed by atoms with Gasteiger partial charge < -0.3 is 4.42 Å². The van der Waals surface area contributed by atoms with Crippen molar-refractivity contribution >= 4 is 34.4 Å². The molecule has 3 heterocycles. The van der Waals surface area contributed by atoms with E-state index in [1.807, 2.05) is 0 Å². The first kappa shape index (κ1) is 10.3. The molecule has 0 saturated carbocycles. The van der Waals surface area contributed by atoms with Crippen LogP contribution in [0.3, 0.4) is 0 Å². The molecule has 3 rings (SSSR count). The predicted molar refractivity (Wildman–Crippen MR) is 58.4 cm³/mol. The van der Waals surface area contributed by atoms with Gasteiger partial charge in [-0.15, -0.1) is 0 Å². The third-order valence-corrected chi connectivity index (χ3v) is 2.18. The molecule has 0 radical (unpaired) electrons. The summed E-state index contributed by atoms with van der Waals surface area (Å²) in [6.45, 7) is 0. The standard InChI is InChI=1S/C8H2Cl2N6O/c9-7-14-4(15-8(10)16-7)6-13-3-1-11-2-12-5(3)17-6/h1-2H. The van der Waals surface area contributed by atoms with Gasteiger partial charge in [-0.3, -0.25) is 0 Å². The fraction of sp³-hybridized carbons (Fsp3) is 0. The predicted octanol–water partition coefficient (Wildman–Crippen LogP) is 1.78. The van der Waals surface area contributed by atoms with Gasteiger partial charge in [0.1, 0.15) is 11.8 Å². The highest BCUT2D eigenvalue weighted by atomic mass is 35.5. The van der Waals surface area contributed by atoms with E-state index in [-0.39, 0.29) is 22.3 Å². The van der Waals surface area contributed by atoms with Crippen molar-refractivity contribution in [3.63, 3.8) is 0 Å². The maximum atomic E-state index is 5.65. The molecular weight excluding hydrogens is 267 g/mol. The SMILES string of the molecule is Clc1nc(Cl)nc(-c2nc3cncnc3o2)n1. The van der Waals surface area contributed by atoms with Crippen molar-refractivity contribution in [2.24, 2.45) is 0 Å². The van der Waals surface area contributed by atoms with Crippen LogP contribution in [0.2, 0.25) is 10.6 Å². The van der Waals surface area contributed by atoms with Crippen molar-refractivity contribution < 1.29 is 4.42 Å². The van der Waals surface area contributed by atoms with Crippen molar-refractivity contribution in [3.8, 4) is 11.7 Å². The Morgan fingerprint density at radius 2 is 1.76 bits per heavy atom. The fourth-order valence-electron chi connectivity index (χ4n) is 1.21. The second-order valence-electron chi connectivity index (χ2n) is 2.93. The maximum Gasteiger partial charge on any atom is 0.267 e. The van der Waals surface area contributed by atoms with Crippen LogP contribution in [-0.4, -0.2) is 29.9 Å². The molecule has 0 atom stereocenters. The van der Waals surface area contributed by atoms with Crippen molar-refractivity contribution in [1.82, 2.24) is 29.9 Å². The molecule has 0 spiro atoms. The molecule has 0 aliphatic rings. The average molecular weight is 269 g/mol. The molecule has 0 aliphatic heterocycles. The smallest absolute Gasteiger partial charge is 0.267 e. The third-order valence-electron chi connectivity index (χ3n) is 1.85. The molecule has 0 aliphatic carbocycles. The van der Waals surface area contributed by atoms with Gasteiger partial charge in [-0.2, -0.15) is 19.9 Å². The zero-order chi connectivity index (χ0) is 11.8. The maximum absolute atomic E-state index is 5.65. The third kappa shape index (κ3) is 1.90. The quantitative estimate of drug-likeness (QED) is 0.664. The number of nitrogens with zero attached hydrogens (tertiary/aromatic N) is 6. The highest BCUT2D eigenvalue weighted by Crippen LogP contribution is 2.20. The molecule has 17 heavy (non-hydrogen) atoms. The number of rotatable bonds is 1. The van der Waals surface area contributed by atoms with Gasteiger partial charge in [0, 0.05) is 0 Å². The molecule has 3 aromatic rings. The van der Waals surface area contributed by atoms with E-state index in [2.05, 4.69) is 29.9 Å². The summed E-state index contributed by atoms with van der Waals surface area (Å²) in [5.74, 6) is 0.305. The van der Waals surface area contributed by atoms with Gasteiger partial charge >= 0.3 is 0 Å². The highest BCUT2D eigenvalue weighted by molar-refractivity contribution is 6.31. The Morgan fingerprint density at radius 1 is 1.00 bits per heavy atom. The molecule has 0 unspecified atom stereocenters. The van der Waals surface area contributed by atoms with Crippen molar-refractivity contribution in [3.05, 3.63) is 23.1 Å². The van der Waals surface area contributed by atoms with Gasteiger partial charge in [-0.05, 0) is 23.2 Å². The minimum absolute atomic E-state index is 0.0339. The molecule has 9 heteroatoms. The molecule has 7 nitrogen and oxygen atoms in total. The average Bonchev–Trinajstić information content (AvgIpc) is 2.71. The van der Waals surface area contributed by atoms with Gasteiger partial charge in [0.2, 0.25) is 16.4 Å². The molecule has 0 fully saturated rings. The molecule has 0 saturated heterocycles. The topological polar surface area (TPSA) is 90.5 Å². The van der Waals surface area contributed by atoms with Crippen LogP contribution in [0.15, 0.2) is 16.9 Å². The van der Waals surface area contributed by atoms with E-state index in [1.54, 1.807) is 0 Å². The molecular formula is C8H2Cl2N6O. The number of fused-ring (bicyclic) bond motifs is 1. The summed E-state index contributed by atoms with van der Waals surface area (Å²) in [6.07, 6.45) is 2.87. The van der Waals surface area contributed by atoms with Crippen LogP contribution in [0, 0.1) is 0 Å². The summed E-state index contributed by atoms with van der Waals surface area (Å²) >= 11 is 11.3. The minimum atomic E-state index is -0.0339. The second kappa shape index (κ2) is 3.86. The molecule has 3 aromatic heterocycles. The van der Waals surface area contributed by atoms with Crippen molar-refractivity contribution in [2.75, 3.05) is 0 Å². The fourth-order valence-corrected chi connectivity index (χ4v) is 1.57. The number of aromatic nitrogens is 6. The zero-order valence-corrected chi connectivity index (χ0v) is 9.51. The summed E-state index contributed by atoms with van der Waals surface area (Å²) in [4.78, 5) is 23.1. The Bertz CT molecular complexity index is 646. The second-order valence-corrected chi connectivity index (χ2v) is 3.61. The first-order chi connectivity index (χ1) is 8.22. The van der Waals surface area contributed by atoms with Crippen LogP contribution in [0.5, 0.6) is 0 Å². The molecule has 0 aromatic carbocycles. The lowest BCUT2D eigenvalue weighted by Gasteiger charge is -1.94. The number of halogens is 2. The highest BCUT2D eigenvalue weighted by Gasteiger charge is 2.13. The summed E-state index contributed by atoms with van der Waals surface area (Å²) in [5.41, 5.74) is 0.831. The number of hydrogen-bond acceptors (Lipinski definition) is 7. The van der Waals surface area contributed by atoms with Gasteiger partial charge in [0.05, 0.1) is 6.20 Å². The Labute approximate surface area is 104 Å².